The molecule has 0 spiro atoms. The average molecular weight is 208 g/mol. The Morgan fingerprint density at radius 3 is 2.80 bits per heavy atom. The Balaban J connectivity index is 1.89. The van der Waals surface area contributed by atoms with E-state index in [-0.39, 0.29) is 17.5 Å². The third-order valence-corrected chi connectivity index (χ3v) is 4.42. The van der Waals surface area contributed by atoms with Crippen molar-refractivity contribution in [1.82, 2.24) is 0 Å². The summed E-state index contributed by atoms with van der Waals surface area (Å²) in [4.78, 5) is 22.8. The highest BCUT2D eigenvalue weighted by Gasteiger charge is 2.57. The minimum atomic E-state index is -0.268. The molecule has 0 aromatic rings. The number of ether oxygens (including phenoxy) is 1. The zero-order valence-electron chi connectivity index (χ0n) is 8.99. The van der Waals surface area contributed by atoms with E-state index in [9.17, 15) is 9.59 Å². The largest absolute Gasteiger partial charge is 0.459 e. The van der Waals surface area contributed by atoms with Crippen LogP contribution in [0.5, 0.6) is 0 Å². The fourth-order valence-corrected chi connectivity index (χ4v) is 4.05. The summed E-state index contributed by atoms with van der Waals surface area (Å²) >= 11 is 0. The molecule has 0 aliphatic heterocycles. The van der Waals surface area contributed by atoms with Gasteiger partial charge in [0.05, 0.1) is 0 Å². The number of hydrogen-bond donors (Lipinski definition) is 0. The summed E-state index contributed by atoms with van der Waals surface area (Å²) in [6.07, 6.45) is 4.50. The molecule has 3 nitrogen and oxygen atoms in total. The molecule has 3 aliphatic rings. The fraction of sp³-hybridized carbons (Fsp3) is 0.833. The Kier molecular flexibility index (Phi) is 1.77. The van der Waals surface area contributed by atoms with Crippen LogP contribution in [0.4, 0.5) is 0 Å². The number of fused-ring (bicyclic) bond motifs is 2. The molecule has 4 atom stereocenters. The van der Waals surface area contributed by atoms with E-state index in [1.54, 1.807) is 0 Å². The quantitative estimate of drug-likeness (QED) is 0.616. The van der Waals surface area contributed by atoms with E-state index in [1.807, 2.05) is 0 Å². The number of Topliss-reactive ketones (excluding diaryl/α,β-unsaturated/α-hetero) is 1. The SMILES string of the molecule is CC(=O)OC12CC3CC(C1)C(CC3=O)C2. The van der Waals surface area contributed by atoms with Gasteiger partial charge in [0.15, 0.2) is 0 Å². The van der Waals surface area contributed by atoms with Gasteiger partial charge in [-0.1, -0.05) is 0 Å². The molecule has 0 amide bonds. The first-order valence-corrected chi connectivity index (χ1v) is 5.80. The molecule has 0 aromatic carbocycles. The lowest BCUT2D eigenvalue weighted by molar-refractivity contribution is -0.161. The van der Waals surface area contributed by atoms with Gasteiger partial charge in [0.25, 0.3) is 0 Å². The van der Waals surface area contributed by atoms with Crippen LogP contribution in [-0.2, 0) is 14.3 Å². The molecule has 3 saturated carbocycles. The van der Waals surface area contributed by atoms with Gasteiger partial charge in [0, 0.05) is 19.3 Å². The summed E-state index contributed by atoms with van der Waals surface area (Å²) < 4.78 is 5.51. The molecule has 15 heavy (non-hydrogen) atoms. The lowest BCUT2D eigenvalue weighted by atomic mass is 9.70. The van der Waals surface area contributed by atoms with Gasteiger partial charge in [-0.05, 0) is 37.5 Å². The van der Waals surface area contributed by atoms with Crippen molar-refractivity contribution in [3.63, 3.8) is 0 Å². The number of hydrogen-bond acceptors (Lipinski definition) is 3. The van der Waals surface area contributed by atoms with E-state index < -0.39 is 0 Å². The highest BCUT2D eigenvalue weighted by Crippen LogP contribution is 2.57. The zero-order valence-corrected chi connectivity index (χ0v) is 8.99. The van der Waals surface area contributed by atoms with E-state index in [2.05, 4.69) is 0 Å². The van der Waals surface area contributed by atoms with Crippen molar-refractivity contribution in [2.75, 3.05) is 0 Å². The van der Waals surface area contributed by atoms with Gasteiger partial charge in [-0.3, -0.25) is 9.59 Å². The van der Waals surface area contributed by atoms with Crippen LogP contribution in [0.1, 0.15) is 39.0 Å². The first kappa shape index (κ1) is 9.37. The van der Waals surface area contributed by atoms with Gasteiger partial charge in [-0.2, -0.15) is 0 Å². The molecule has 0 aromatic heterocycles. The Morgan fingerprint density at radius 2 is 2.07 bits per heavy atom. The van der Waals surface area contributed by atoms with Crippen molar-refractivity contribution in [1.29, 1.82) is 0 Å². The highest BCUT2D eigenvalue weighted by molar-refractivity contribution is 5.83. The molecule has 0 heterocycles. The predicted molar refractivity (Wildman–Crippen MR) is 53.1 cm³/mol. The third kappa shape index (κ3) is 1.32. The molecule has 3 heteroatoms. The van der Waals surface area contributed by atoms with E-state index in [4.69, 9.17) is 4.74 Å². The molecule has 0 saturated heterocycles. The van der Waals surface area contributed by atoms with E-state index in [0.717, 1.165) is 32.1 Å². The molecule has 3 bridgehead atoms. The number of esters is 1. The summed E-state index contributed by atoms with van der Waals surface area (Å²) in [6, 6.07) is 0. The standard InChI is InChI=1S/C12H16O3/c1-7(13)15-12-4-8-2-10(6-12)11(14)3-9(8)5-12/h8-10H,2-6H2,1H3. The number of ketones is 1. The molecular weight excluding hydrogens is 192 g/mol. The minimum absolute atomic E-state index is 0.182. The van der Waals surface area contributed by atoms with Gasteiger partial charge in [-0.25, -0.2) is 0 Å². The summed E-state index contributed by atoms with van der Waals surface area (Å²) in [7, 11) is 0. The topological polar surface area (TPSA) is 43.4 Å². The smallest absolute Gasteiger partial charge is 0.303 e. The molecule has 3 fully saturated rings. The summed E-state index contributed by atoms with van der Waals surface area (Å²) in [6.45, 7) is 1.47. The van der Waals surface area contributed by atoms with Crippen molar-refractivity contribution < 1.29 is 14.3 Å². The molecule has 3 aliphatic carbocycles. The fourth-order valence-electron chi connectivity index (χ4n) is 4.05. The van der Waals surface area contributed by atoms with Gasteiger partial charge >= 0.3 is 5.97 Å². The Hall–Kier alpha value is -0.860. The summed E-state index contributed by atoms with van der Waals surface area (Å²) in [5.74, 6) is 1.53. The number of carbonyl (C=O) groups excluding carboxylic acids is 2. The van der Waals surface area contributed by atoms with Crippen LogP contribution in [0, 0.1) is 17.8 Å². The monoisotopic (exact) mass is 208 g/mol. The molecule has 0 radical (unpaired) electrons. The van der Waals surface area contributed by atoms with Crippen LogP contribution in [0.25, 0.3) is 0 Å². The maximum Gasteiger partial charge on any atom is 0.303 e. The third-order valence-electron chi connectivity index (χ3n) is 4.42. The maximum absolute atomic E-state index is 11.7. The number of rotatable bonds is 1. The zero-order chi connectivity index (χ0) is 10.6. The van der Waals surface area contributed by atoms with Crippen LogP contribution >= 0.6 is 0 Å². The van der Waals surface area contributed by atoms with Crippen molar-refractivity contribution in [2.24, 2.45) is 17.8 Å². The van der Waals surface area contributed by atoms with Crippen LogP contribution in [0.2, 0.25) is 0 Å². The van der Waals surface area contributed by atoms with Gasteiger partial charge in [0.2, 0.25) is 0 Å². The Bertz CT molecular complexity index is 336. The average Bonchev–Trinajstić information content (AvgIpc) is 2.29. The van der Waals surface area contributed by atoms with Gasteiger partial charge < -0.3 is 4.74 Å². The lowest BCUT2D eigenvalue weighted by Gasteiger charge is -2.37. The first-order valence-electron chi connectivity index (χ1n) is 5.80. The van der Waals surface area contributed by atoms with Crippen LogP contribution < -0.4 is 0 Å². The second kappa shape index (κ2) is 2.83. The molecule has 82 valence electrons. The minimum Gasteiger partial charge on any atom is -0.459 e. The van der Waals surface area contributed by atoms with Gasteiger partial charge in [-0.15, -0.1) is 0 Å². The molecule has 4 unspecified atom stereocenters. The van der Waals surface area contributed by atoms with Crippen molar-refractivity contribution in [2.45, 2.75) is 44.6 Å². The van der Waals surface area contributed by atoms with E-state index in [1.165, 1.54) is 6.92 Å². The molecule has 0 N–H and O–H groups in total. The van der Waals surface area contributed by atoms with Crippen LogP contribution in [0.3, 0.4) is 0 Å². The van der Waals surface area contributed by atoms with Gasteiger partial charge in [0.1, 0.15) is 11.4 Å². The summed E-state index contributed by atoms with van der Waals surface area (Å²) in [5, 5.41) is 0. The number of carbonyl (C=O) groups is 2. The van der Waals surface area contributed by atoms with Crippen molar-refractivity contribution >= 4 is 11.8 Å². The Labute approximate surface area is 89.2 Å². The first-order chi connectivity index (χ1) is 7.08. The molecule has 3 rings (SSSR count). The second-order valence-electron chi connectivity index (χ2n) is 5.51. The van der Waals surface area contributed by atoms with E-state index >= 15 is 0 Å². The van der Waals surface area contributed by atoms with Crippen LogP contribution in [-0.4, -0.2) is 17.4 Å². The lowest BCUT2D eigenvalue weighted by Crippen LogP contribution is -2.40. The maximum atomic E-state index is 11.7. The summed E-state index contributed by atoms with van der Waals surface area (Å²) in [5.41, 5.74) is -0.268. The highest BCUT2D eigenvalue weighted by atomic mass is 16.6. The Morgan fingerprint density at radius 1 is 1.33 bits per heavy atom. The van der Waals surface area contributed by atoms with Crippen LogP contribution in [0.15, 0.2) is 0 Å². The molecular formula is C12H16O3. The van der Waals surface area contributed by atoms with E-state index in [0.29, 0.717) is 17.6 Å². The second-order valence-corrected chi connectivity index (χ2v) is 5.51. The predicted octanol–water partition coefficient (Wildman–Crippen LogP) is 1.70. The van der Waals surface area contributed by atoms with Crippen molar-refractivity contribution in [3.05, 3.63) is 0 Å². The van der Waals surface area contributed by atoms with Crippen molar-refractivity contribution in [3.8, 4) is 0 Å². The normalized spacial score (nSPS) is 47.0.